The Labute approximate surface area is 212 Å². The summed E-state index contributed by atoms with van der Waals surface area (Å²) in [5.41, 5.74) is 2.20. The average molecular weight is 487 g/mol. The van der Waals surface area contributed by atoms with Gasteiger partial charge in [0.1, 0.15) is 17.4 Å². The fourth-order valence-electron chi connectivity index (χ4n) is 5.41. The lowest BCUT2D eigenvalue weighted by Crippen LogP contribution is -2.72. The molecule has 2 fully saturated rings. The summed E-state index contributed by atoms with van der Waals surface area (Å²) in [6.45, 7) is 6.72. The van der Waals surface area contributed by atoms with Crippen molar-refractivity contribution in [1.82, 2.24) is 30.1 Å². The fraction of sp³-hybridized carbons (Fsp3) is 0.429. The van der Waals surface area contributed by atoms with E-state index in [1.165, 1.54) is 0 Å². The summed E-state index contributed by atoms with van der Waals surface area (Å²) in [6.07, 6.45) is 7.22. The van der Waals surface area contributed by atoms with Gasteiger partial charge in [0.25, 0.3) is 0 Å². The number of piperidine rings is 1. The van der Waals surface area contributed by atoms with E-state index in [1.807, 2.05) is 53.6 Å². The molecule has 2 N–H and O–H groups in total. The van der Waals surface area contributed by atoms with Crippen molar-refractivity contribution in [2.75, 3.05) is 13.1 Å². The lowest BCUT2D eigenvalue weighted by atomic mass is 9.80. The monoisotopic (exact) mass is 486 g/mol. The van der Waals surface area contributed by atoms with Crippen molar-refractivity contribution >= 4 is 11.8 Å². The van der Waals surface area contributed by atoms with Crippen LogP contribution in [0.1, 0.15) is 44.4 Å². The second-order valence-electron chi connectivity index (χ2n) is 10.4. The minimum absolute atomic E-state index is 0.0154. The third kappa shape index (κ3) is 4.91. The highest BCUT2D eigenvalue weighted by Gasteiger charge is 2.53. The molecule has 0 bridgehead atoms. The van der Waals surface area contributed by atoms with Gasteiger partial charge >= 0.3 is 0 Å². The molecular weight excluding hydrogens is 452 g/mol. The van der Waals surface area contributed by atoms with Crippen LogP contribution in [-0.4, -0.2) is 61.2 Å². The van der Waals surface area contributed by atoms with Crippen LogP contribution in [-0.2, 0) is 22.7 Å². The van der Waals surface area contributed by atoms with Crippen molar-refractivity contribution in [3.05, 3.63) is 72.3 Å². The Kier molecular flexibility index (Phi) is 6.87. The largest absolute Gasteiger partial charge is 0.342 e. The van der Waals surface area contributed by atoms with E-state index >= 15 is 0 Å². The van der Waals surface area contributed by atoms with Crippen LogP contribution in [0.15, 0.2) is 61.1 Å². The van der Waals surface area contributed by atoms with Gasteiger partial charge in [0.05, 0.1) is 0 Å². The smallest absolute Gasteiger partial charge is 0.246 e. The third-order valence-electron chi connectivity index (χ3n) is 7.33. The Bertz CT molecular complexity index is 1190. The summed E-state index contributed by atoms with van der Waals surface area (Å²) in [5, 5.41) is 3.08. The SMILES string of the molecule is CC(C)CC1NC(=O)C2(CCN(Cc3cnc(-c4ccccc4)[nH]3)CC2)N(Cc2cccnc2)C1=O. The van der Waals surface area contributed by atoms with Gasteiger partial charge in [-0.2, -0.15) is 0 Å². The number of hydrogen-bond donors (Lipinski definition) is 2. The number of pyridine rings is 1. The van der Waals surface area contributed by atoms with Crippen molar-refractivity contribution in [3.63, 3.8) is 0 Å². The van der Waals surface area contributed by atoms with Crippen molar-refractivity contribution in [3.8, 4) is 11.4 Å². The maximum Gasteiger partial charge on any atom is 0.246 e. The molecule has 3 aromatic rings. The number of aromatic nitrogens is 3. The second kappa shape index (κ2) is 10.2. The second-order valence-corrected chi connectivity index (χ2v) is 10.4. The number of benzene rings is 1. The molecule has 8 heteroatoms. The van der Waals surface area contributed by atoms with Crippen LogP contribution in [0.4, 0.5) is 0 Å². The Morgan fingerprint density at radius 1 is 1.03 bits per heavy atom. The molecular formula is C28H34N6O2. The van der Waals surface area contributed by atoms with Crippen molar-refractivity contribution in [2.45, 2.75) is 57.8 Å². The lowest BCUT2D eigenvalue weighted by molar-refractivity contribution is -0.162. The summed E-state index contributed by atoms with van der Waals surface area (Å²) in [5.74, 6) is 1.16. The number of likely N-dealkylation sites (tertiary alicyclic amines) is 1. The van der Waals surface area contributed by atoms with Crippen LogP contribution < -0.4 is 5.32 Å². The summed E-state index contributed by atoms with van der Waals surface area (Å²) < 4.78 is 0. The van der Waals surface area contributed by atoms with Gasteiger partial charge in [-0.3, -0.25) is 19.5 Å². The highest BCUT2D eigenvalue weighted by Crippen LogP contribution is 2.35. The van der Waals surface area contributed by atoms with Gasteiger partial charge in [0.2, 0.25) is 11.8 Å². The average Bonchev–Trinajstić information content (AvgIpc) is 3.36. The van der Waals surface area contributed by atoms with Gasteiger partial charge in [-0.25, -0.2) is 4.98 Å². The predicted octanol–water partition coefficient (Wildman–Crippen LogP) is 3.38. The molecule has 4 heterocycles. The summed E-state index contributed by atoms with van der Waals surface area (Å²) >= 11 is 0. The molecule has 188 valence electrons. The number of hydrogen-bond acceptors (Lipinski definition) is 5. The number of rotatable bonds is 7. The zero-order valence-electron chi connectivity index (χ0n) is 21.0. The quantitative estimate of drug-likeness (QED) is 0.534. The number of carbonyl (C=O) groups is 2. The highest BCUT2D eigenvalue weighted by molar-refractivity contribution is 6.00. The normalized spacial score (nSPS) is 20.2. The third-order valence-corrected chi connectivity index (χ3v) is 7.33. The van der Waals surface area contributed by atoms with Gasteiger partial charge in [0.15, 0.2) is 0 Å². The van der Waals surface area contributed by atoms with E-state index < -0.39 is 11.6 Å². The molecule has 8 nitrogen and oxygen atoms in total. The molecule has 1 unspecified atom stereocenters. The van der Waals surface area contributed by atoms with Crippen LogP contribution in [0.25, 0.3) is 11.4 Å². The van der Waals surface area contributed by atoms with E-state index in [2.05, 4.69) is 39.0 Å². The van der Waals surface area contributed by atoms with E-state index in [1.54, 1.807) is 12.4 Å². The van der Waals surface area contributed by atoms with Crippen LogP contribution in [0.3, 0.4) is 0 Å². The molecule has 0 radical (unpaired) electrons. The molecule has 5 rings (SSSR count). The fourth-order valence-corrected chi connectivity index (χ4v) is 5.41. The summed E-state index contributed by atoms with van der Waals surface area (Å²) in [6, 6.07) is 13.4. The van der Waals surface area contributed by atoms with Crippen LogP contribution >= 0.6 is 0 Å². The minimum Gasteiger partial charge on any atom is -0.342 e. The Balaban J connectivity index is 1.31. The number of aromatic amines is 1. The molecule has 2 saturated heterocycles. The van der Waals surface area contributed by atoms with E-state index in [0.717, 1.165) is 42.3 Å². The number of imidazole rings is 1. The van der Waals surface area contributed by atoms with Crippen LogP contribution in [0.2, 0.25) is 0 Å². The molecule has 1 aromatic carbocycles. The summed E-state index contributed by atoms with van der Waals surface area (Å²) in [4.78, 5) is 43.6. The summed E-state index contributed by atoms with van der Waals surface area (Å²) in [7, 11) is 0. The molecule has 2 aromatic heterocycles. The number of H-pyrrole nitrogens is 1. The van der Waals surface area contributed by atoms with Gasteiger partial charge < -0.3 is 15.2 Å². The standard InChI is InChI=1S/C28H34N6O2/c1-20(2)15-24-26(35)34(18-21-7-6-12-29-16-21)28(27(36)32-24)10-13-33(14-11-28)19-23-17-30-25(31-23)22-8-4-3-5-9-22/h3-9,12,16-17,20,24H,10-11,13-15,18-19H2,1-2H3,(H,30,31)(H,32,36). The number of piperazine rings is 1. The number of carbonyl (C=O) groups excluding carboxylic acids is 2. The van der Waals surface area contributed by atoms with E-state index in [0.29, 0.717) is 31.7 Å². The Morgan fingerprint density at radius 3 is 2.50 bits per heavy atom. The first-order valence-electron chi connectivity index (χ1n) is 12.8. The maximum absolute atomic E-state index is 13.7. The molecule has 0 aliphatic carbocycles. The first-order valence-corrected chi connectivity index (χ1v) is 12.8. The molecule has 2 aliphatic rings. The predicted molar refractivity (Wildman–Crippen MR) is 137 cm³/mol. The number of amides is 2. The lowest BCUT2D eigenvalue weighted by Gasteiger charge is -2.51. The van der Waals surface area contributed by atoms with Gasteiger partial charge in [-0.15, -0.1) is 0 Å². The first kappa shape index (κ1) is 24.2. The van der Waals surface area contributed by atoms with Gasteiger partial charge in [0, 0.05) is 56.0 Å². The van der Waals surface area contributed by atoms with Crippen LogP contribution in [0.5, 0.6) is 0 Å². The van der Waals surface area contributed by atoms with E-state index in [9.17, 15) is 9.59 Å². The maximum atomic E-state index is 13.7. The van der Waals surface area contributed by atoms with Crippen molar-refractivity contribution in [1.29, 1.82) is 0 Å². The molecule has 1 spiro atoms. The zero-order chi connectivity index (χ0) is 25.1. The van der Waals surface area contributed by atoms with Crippen LogP contribution in [0, 0.1) is 5.92 Å². The molecule has 2 aliphatic heterocycles. The van der Waals surface area contributed by atoms with Gasteiger partial charge in [-0.05, 0) is 36.8 Å². The topological polar surface area (TPSA) is 94.2 Å². The molecule has 0 saturated carbocycles. The molecule has 2 amide bonds. The molecule has 1 atom stereocenters. The van der Waals surface area contributed by atoms with E-state index in [4.69, 9.17) is 0 Å². The van der Waals surface area contributed by atoms with Gasteiger partial charge in [-0.1, -0.05) is 50.2 Å². The van der Waals surface area contributed by atoms with E-state index in [-0.39, 0.29) is 11.8 Å². The Morgan fingerprint density at radius 2 is 1.81 bits per heavy atom. The van der Waals surface area contributed by atoms with Crippen molar-refractivity contribution in [2.24, 2.45) is 5.92 Å². The molecule has 36 heavy (non-hydrogen) atoms. The number of nitrogens with one attached hydrogen (secondary N) is 2. The highest BCUT2D eigenvalue weighted by atomic mass is 16.2. The number of nitrogens with zero attached hydrogens (tertiary/aromatic N) is 4. The first-order chi connectivity index (χ1) is 17.4. The minimum atomic E-state index is -0.833. The zero-order valence-corrected chi connectivity index (χ0v) is 21.0. The Hall–Kier alpha value is -3.52. The van der Waals surface area contributed by atoms with Crippen molar-refractivity contribution < 1.29 is 9.59 Å².